The molecule has 0 spiro atoms. The smallest absolute Gasteiger partial charge is 0.241 e. The standard InChI is InChI=1S/C30H19BNO2.C11H8N.Ir/c1-19-17-25(32-18-22(19)20-9-3-2-4-10-20)21-11-7-13-24-30(21)34-28-16-8-15-27-29(28)31(24)23-12-5-6-14-26(23)33-27;1-2-6-10(7-3-1)11-8-4-5-9-12-11;/h2-10,12-18H,1H3;1-6,8-9H;/q2*-1;/i1D3;;. The molecule has 2 aromatic heterocycles. The molecule has 0 saturated carbocycles. The Balaban J connectivity index is 0.000000255. The molecule has 0 saturated heterocycles. The topological polar surface area (TPSA) is 44.2 Å². The maximum absolute atomic E-state index is 8.23. The van der Waals surface area contributed by atoms with Gasteiger partial charge in [0.15, 0.2) is 0 Å². The van der Waals surface area contributed by atoms with Crippen molar-refractivity contribution in [2.75, 3.05) is 0 Å². The average molecular weight is 786 g/mol. The Kier molecular flexibility index (Phi) is 7.56. The third-order valence-corrected chi connectivity index (χ3v) is 8.16. The number of aromatic nitrogens is 2. The molecule has 227 valence electrons. The Bertz CT molecular complexity index is 2250. The fraction of sp³-hybridized carbons (Fsp3) is 0.0244. The minimum Gasteiger partial charge on any atom is -0.503 e. The van der Waals surface area contributed by atoms with Crippen molar-refractivity contribution < 1.29 is 33.7 Å². The molecule has 2 aliphatic rings. The van der Waals surface area contributed by atoms with Crippen LogP contribution >= 0.6 is 0 Å². The van der Waals surface area contributed by atoms with Crippen LogP contribution in [0.15, 0.2) is 146 Å². The molecule has 0 fully saturated rings. The zero-order valence-corrected chi connectivity index (χ0v) is 27.4. The molecular formula is C41H27BIrN2O2-2. The van der Waals surface area contributed by atoms with Crippen LogP contribution < -0.4 is 25.9 Å². The van der Waals surface area contributed by atoms with Gasteiger partial charge in [0.1, 0.15) is 17.2 Å². The average Bonchev–Trinajstić information content (AvgIpc) is 3.15. The van der Waals surface area contributed by atoms with Crippen molar-refractivity contribution in [1.29, 1.82) is 0 Å². The minimum atomic E-state index is -2.32. The Morgan fingerprint density at radius 1 is 0.660 bits per heavy atom. The summed E-state index contributed by atoms with van der Waals surface area (Å²) in [7, 11) is 0. The van der Waals surface area contributed by atoms with Crippen molar-refractivity contribution in [2.45, 2.75) is 6.85 Å². The van der Waals surface area contributed by atoms with Crippen LogP contribution in [0.5, 0.6) is 23.0 Å². The van der Waals surface area contributed by atoms with Crippen molar-refractivity contribution in [3.8, 4) is 56.6 Å². The summed E-state index contributed by atoms with van der Waals surface area (Å²) in [6, 6.07) is 48.9. The predicted octanol–water partition coefficient (Wildman–Crippen LogP) is 7.80. The van der Waals surface area contributed by atoms with Gasteiger partial charge in [-0.2, -0.15) is 0 Å². The minimum absolute atomic E-state index is 0. The number of para-hydroxylation sites is 1. The van der Waals surface area contributed by atoms with Gasteiger partial charge >= 0.3 is 0 Å². The first-order valence-corrected chi connectivity index (χ1v) is 15.0. The van der Waals surface area contributed by atoms with Gasteiger partial charge in [-0.15, -0.1) is 59.6 Å². The molecule has 9 rings (SSSR count). The zero-order valence-electron chi connectivity index (χ0n) is 28.0. The number of ether oxygens (including phenoxy) is 2. The van der Waals surface area contributed by atoms with E-state index in [4.69, 9.17) is 18.6 Å². The normalized spacial score (nSPS) is 12.9. The zero-order chi connectivity index (χ0) is 33.4. The van der Waals surface area contributed by atoms with Gasteiger partial charge in [0, 0.05) is 53.4 Å². The summed E-state index contributed by atoms with van der Waals surface area (Å²) in [5.74, 6) is 2.93. The van der Waals surface area contributed by atoms with Gasteiger partial charge in [-0.1, -0.05) is 78.4 Å². The quantitative estimate of drug-likeness (QED) is 0.136. The first-order valence-electron chi connectivity index (χ1n) is 16.5. The molecule has 4 heterocycles. The summed E-state index contributed by atoms with van der Waals surface area (Å²) in [5.41, 5.74) is 7.78. The van der Waals surface area contributed by atoms with Crippen LogP contribution in [0.4, 0.5) is 0 Å². The van der Waals surface area contributed by atoms with Crippen LogP contribution in [0, 0.1) is 19.0 Å². The van der Waals surface area contributed by atoms with E-state index in [0.29, 0.717) is 28.3 Å². The summed E-state index contributed by atoms with van der Waals surface area (Å²) in [6.07, 6.45) is 3.43. The Labute approximate surface area is 292 Å². The third-order valence-electron chi connectivity index (χ3n) is 8.16. The number of nitrogens with zero attached hydrogens (tertiary/aromatic N) is 2. The molecule has 4 nitrogen and oxygen atoms in total. The first kappa shape index (κ1) is 26.9. The fourth-order valence-electron chi connectivity index (χ4n) is 6.05. The van der Waals surface area contributed by atoms with Gasteiger partial charge in [-0.3, -0.25) is 0 Å². The SMILES string of the molecule is [2H]C([2H])([2H])c1cc(-c2[c-]ccc3c2Oc2cccc4c2B3c2ccccc2O4)ncc1-c1ccccc1.[Ir].[c-]1ccccc1-c1ccccn1. The molecule has 0 unspecified atom stereocenters. The maximum atomic E-state index is 8.23. The van der Waals surface area contributed by atoms with E-state index in [-0.39, 0.29) is 32.4 Å². The summed E-state index contributed by atoms with van der Waals surface area (Å²) in [5, 5.41) is 0. The Morgan fingerprint density at radius 2 is 1.45 bits per heavy atom. The summed E-state index contributed by atoms with van der Waals surface area (Å²) in [4.78, 5) is 8.92. The molecule has 47 heavy (non-hydrogen) atoms. The Hall–Kier alpha value is -5.29. The van der Waals surface area contributed by atoms with Gasteiger partial charge in [-0.25, -0.2) is 0 Å². The molecule has 5 aromatic carbocycles. The molecule has 0 atom stereocenters. The molecule has 7 aromatic rings. The molecule has 0 bridgehead atoms. The molecule has 0 aliphatic carbocycles. The van der Waals surface area contributed by atoms with Crippen LogP contribution in [0.3, 0.4) is 0 Å². The van der Waals surface area contributed by atoms with E-state index in [2.05, 4.69) is 23.2 Å². The van der Waals surface area contributed by atoms with Gasteiger partial charge in [0.25, 0.3) is 0 Å². The summed E-state index contributed by atoms with van der Waals surface area (Å²) < 4.78 is 37.4. The van der Waals surface area contributed by atoms with E-state index in [1.54, 1.807) is 18.5 Å². The van der Waals surface area contributed by atoms with Crippen LogP contribution in [-0.4, -0.2) is 16.7 Å². The van der Waals surface area contributed by atoms with Crippen molar-refractivity contribution in [1.82, 2.24) is 9.97 Å². The van der Waals surface area contributed by atoms with Gasteiger partial charge in [0.2, 0.25) is 6.71 Å². The number of aryl methyl sites for hydroxylation is 1. The van der Waals surface area contributed by atoms with Crippen molar-refractivity contribution in [3.63, 3.8) is 0 Å². The van der Waals surface area contributed by atoms with Crippen molar-refractivity contribution in [3.05, 3.63) is 164 Å². The number of pyridine rings is 2. The van der Waals surface area contributed by atoms with Crippen molar-refractivity contribution >= 4 is 23.1 Å². The number of rotatable bonds is 3. The summed E-state index contributed by atoms with van der Waals surface area (Å²) in [6.45, 7) is -2.40. The van der Waals surface area contributed by atoms with Crippen molar-refractivity contribution in [2.24, 2.45) is 0 Å². The molecule has 0 amide bonds. The van der Waals surface area contributed by atoms with Gasteiger partial charge in [0.05, 0.1) is 0 Å². The van der Waals surface area contributed by atoms with Crippen LogP contribution in [0.2, 0.25) is 0 Å². The van der Waals surface area contributed by atoms with Crippen LogP contribution in [-0.2, 0) is 20.1 Å². The number of fused-ring (bicyclic) bond motifs is 4. The van der Waals surface area contributed by atoms with E-state index in [1.165, 1.54) is 0 Å². The maximum Gasteiger partial charge on any atom is 0.241 e. The molecule has 1 radical (unpaired) electrons. The molecular weight excluding hydrogens is 755 g/mol. The van der Waals surface area contributed by atoms with E-state index in [1.807, 2.05) is 121 Å². The fourth-order valence-corrected chi connectivity index (χ4v) is 6.05. The molecule has 0 N–H and O–H groups in total. The van der Waals surface area contributed by atoms with E-state index in [9.17, 15) is 0 Å². The molecule has 2 aliphatic heterocycles. The van der Waals surface area contributed by atoms with E-state index >= 15 is 0 Å². The van der Waals surface area contributed by atoms with Crippen LogP contribution in [0.25, 0.3) is 33.6 Å². The second-order valence-corrected chi connectivity index (χ2v) is 11.0. The summed E-state index contributed by atoms with van der Waals surface area (Å²) >= 11 is 0. The van der Waals surface area contributed by atoms with E-state index in [0.717, 1.165) is 44.7 Å². The number of hydrogen-bond donors (Lipinski definition) is 0. The second-order valence-electron chi connectivity index (χ2n) is 11.0. The second kappa shape index (κ2) is 13.2. The first-order chi connectivity index (χ1) is 24.0. The van der Waals surface area contributed by atoms with Gasteiger partial charge in [-0.05, 0) is 59.1 Å². The Morgan fingerprint density at radius 3 is 2.26 bits per heavy atom. The van der Waals surface area contributed by atoms with Gasteiger partial charge < -0.3 is 19.4 Å². The predicted molar refractivity (Wildman–Crippen MR) is 185 cm³/mol. The monoisotopic (exact) mass is 786 g/mol. The number of hydrogen-bond acceptors (Lipinski definition) is 4. The third kappa shape index (κ3) is 5.78. The largest absolute Gasteiger partial charge is 0.503 e. The molecule has 6 heteroatoms. The van der Waals surface area contributed by atoms with Crippen LogP contribution in [0.1, 0.15) is 9.68 Å². The van der Waals surface area contributed by atoms with E-state index < -0.39 is 6.85 Å². The number of benzene rings is 5.